The summed E-state index contributed by atoms with van der Waals surface area (Å²) in [6.07, 6.45) is -0.904. The molecule has 0 aromatic heterocycles. The fourth-order valence-corrected chi connectivity index (χ4v) is 3.27. The van der Waals surface area contributed by atoms with Gasteiger partial charge in [-0.15, -0.1) is 13.2 Å². The summed E-state index contributed by atoms with van der Waals surface area (Å²) in [5.74, 6) is -0.242. The number of halogens is 3. The summed E-state index contributed by atoms with van der Waals surface area (Å²) in [6.45, 7) is 4.33. The summed E-state index contributed by atoms with van der Waals surface area (Å²) in [5.41, 5.74) is 4.10. The Morgan fingerprint density at radius 1 is 1.04 bits per heavy atom. The Balaban J connectivity index is 1.72. The van der Waals surface area contributed by atoms with E-state index in [-0.39, 0.29) is 11.2 Å². The molecule has 0 fully saturated rings. The lowest BCUT2D eigenvalue weighted by Crippen LogP contribution is -2.26. The second-order valence-corrected chi connectivity index (χ2v) is 6.64. The van der Waals surface area contributed by atoms with Crippen LogP contribution >= 0.6 is 0 Å². The fraction of sp³-hybridized carbons (Fsp3) is 0.250. The van der Waals surface area contributed by atoms with Gasteiger partial charge in [0.2, 0.25) is 5.69 Å². The Kier molecular flexibility index (Phi) is 4.52. The molecule has 0 saturated heterocycles. The van der Waals surface area contributed by atoms with Gasteiger partial charge in [0.1, 0.15) is 12.8 Å². The van der Waals surface area contributed by atoms with Gasteiger partial charge >= 0.3 is 6.36 Å². The van der Waals surface area contributed by atoms with Crippen molar-refractivity contribution in [3.05, 3.63) is 66.4 Å². The van der Waals surface area contributed by atoms with E-state index in [1.54, 1.807) is 6.20 Å². The molecular weight excluding hydrogens is 341 g/mol. The number of allylic oxidation sites excluding steroid dienone is 1. The molecule has 2 aromatic rings. The van der Waals surface area contributed by atoms with Crippen molar-refractivity contribution in [3.63, 3.8) is 0 Å². The van der Waals surface area contributed by atoms with Gasteiger partial charge in [-0.2, -0.15) is 4.58 Å². The Bertz CT molecular complexity index is 865. The lowest BCUT2D eigenvalue weighted by molar-refractivity contribution is -0.401. The zero-order valence-corrected chi connectivity index (χ0v) is 14.8. The highest BCUT2D eigenvalue weighted by molar-refractivity contribution is 6.03. The first-order chi connectivity index (χ1) is 12.2. The van der Waals surface area contributed by atoms with Crippen LogP contribution in [0.5, 0.6) is 5.75 Å². The number of nitrogens with one attached hydrogen (secondary N) is 1. The SMILES string of the molecule is C[N+]1=C(C=CNc2ccc(OC(F)(F)F)cc2)C(C)(C)c2ccccc21. The molecule has 2 aromatic carbocycles. The van der Waals surface area contributed by atoms with Gasteiger partial charge in [-0.3, -0.25) is 0 Å². The molecule has 0 unspecified atom stereocenters. The maximum atomic E-state index is 12.2. The van der Waals surface area contributed by atoms with Crippen LogP contribution in [-0.2, 0) is 5.41 Å². The van der Waals surface area contributed by atoms with Gasteiger partial charge < -0.3 is 10.1 Å². The van der Waals surface area contributed by atoms with E-state index in [1.807, 2.05) is 25.3 Å². The van der Waals surface area contributed by atoms with Crippen molar-refractivity contribution in [2.24, 2.45) is 0 Å². The molecule has 0 atom stereocenters. The lowest BCUT2D eigenvalue weighted by Gasteiger charge is -2.15. The first-order valence-electron chi connectivity index (χ1n) is 8.18. The fourth-order valence-electron chi connectivity index (χ4n) is 3.27. The highest BCUT2D eigenvalue weighted by Crippen LogP contribution is 2.38. The second kappa shape index (κ2) is 6.52. The van der Waals surface area contributed by atoms with Gasteiger partial charge in [-0.05, 0) is 38.1 Å². The van der Waals surface area contributed by atoms with Gasteiger partial charge in [-0.25, -0.2) is 0 Å². The second-order valence-electron chi connectivity index (χ2n) is 6.64. The Hall–Kier alpha value is -2.76. The minimum absolute atomic E-state index is 0.131. The summed E-state index contributed by atoms with van der Waals surface area (Å²) >= 11 is 0. The van der Waals surface area contributed by atoms with Crippen LogP contribution in [0.1, 0.15) is 19.4 Å². The van der Waals surface area contributed by atoms with Crippen LogP contribution in [0.15, 0.2) is 60.8 Å². The Morgan fingerprint density at radius 3 is 2.31 bits per heavy atom. The van der Waals surface area contributed by atoms with Gasteiger partial charge in [-0.1, -0.05) is 18.2 Å². The van der Waals surface area contributed by atoms with Crippen LogP contribution in [0, 0.1) is 0 Å². The monoisotopic (exact) mass is 361 g/mol. The molecule has 6 heteroatoms. The van der Waals surface area contributed by atoms with E-state index in [4.69, 9.17) is 0 Å². The van der Waals surface area contributed by atoms with E-state index in [1.165, 1.54) is 35.5 Å². The molecule has 0 amide bonds. The van der Waals surface area contributed by atoms with Gasteiger partial charge in [0.05, 0.1) is 5.41 Å². The van der Waals surface area contributed by atoms with Crippen LogP contribution < -0.4 is 10.1 Å². The summed E-state index contributed by atoms with van der Waals surface area (Å²) in [4.78, 5) is 0. The van der Waals surface area contributed by atoms with Crippen LogP contribution in [-0.4, -0.2) is 23.7 Å². The topological polar surface area (TPSA) is 24.3 Å². The van der Waals surface area contributed by atoms with Crippen molar-refractivity contribution in [2.75, 3.05) is 12.4 Å². The minimum Gasteiger partial charge on any atom is -0.406 e. The molecular formula is C20H20F3N2O+. The standard InChI is InChI=1S/C20H19F3N2O/c1-19(2)16-6-4-5-7-17(16)25(3)18(19)12-13-24-14-8-10-15(11-9-14)26-20(21,22)23/h4-13H,1-3H3/p+1. The maximum Gasteiger partial charge on any atom is 0.573 e. The average molecular weight is 361 g/mol. The zero-order chi connectivity index (χ0) is 18.9. The molecule has 0 radical (unpaired) electrons. The van der Waals surface area contributed by atoms with Crippen molar-refractivity contribution >= 4 is 17.1 Å². The number of hydrogen-bond acceptors (Lipinski definition) is 2. The number of benzene rings is 2. The molecule has 1 aliphatic heterocycles. The lowest BCUT2D eigenvalue weighted by atomic mass is 9.81. The number of anilines is 1. The van der Waals surface area contributed by atoms with Gasteiger partial charge in [0, 0.05) is 29.6 Å². The van der Waals surface area contributed by atoms with Crippen LogP contribution in [0.25, 0.3) is 0 Å². The molecule has 1 heterocycles. The molecule has 0 aliphatic carbocycles. The molecule has 1 aliphatic rings. The van der Waals surface area contributed by atoms with Crippen molar-refractivity contribution in [3.8, 4) is 5.75 Å². The molecule has 0 saturated carbocycles. The third-order valence-electron chi connectivity index (χ3n) is 4.52. The predicted octanol–water partition coefficient (Wildman–Crippen LogP) is 5.22. The van der Waals surface area contributed by atoms with Gasteiger partial charge in [0.25, 0.3) is 0 Å². The smallest absolute Gasteiger partial charge is 0.406 e. The average Bonchev–Trinajstić information content (AvgIpc) is 2.76. The number of fused-ring (bicyclic) bond motifs is 1. The summed E-state index contributed by atoms with van der Waals surface area (Å²) < 4.78 is 42.6. The van der Waals surface area contributed by atoms with Crippen molar-refractivity contribution < 1.29 is 22.5 Å². The van der Waals surface area contributed by atoms with Crippen molar-refractivity contribution in [1.82, 2.24) is 0 Å². The normalized spacial score (nSPS) is 16.1. The number of hydrogen-bond donors (Lipinski definition) is 1. The molecule has 3 rings (SSSR count). The predicted molar refractivity (Wildman–Crippen MR) is 96.2 cm³/mol. The number of para-hydroxylation sites is 1. The van der Waals surface area contributed by atoms with E-state index in [9.17, 15) is 13.2 Å². The first kappa shape index (κ1) is 18.0. The van der Waals surface area contributed by atoms with E-state index in [0.29, 0.717) is 5.69 Å². The largest absolute Gasteiger partial charge is 0.573 e. The minimum atomic E-state index is -4.68. The maximum absolute atomic E-state index is 12.2. The molecule has 1 N–H and O–H groups in total. The summed E-state index contributed by atoms with van der Waals surface area (Å²) in [7, 11) is 2.02. The zero-order valence-electron chi connectivity index (χ0n) is 14.8. The highest BCUT2D eigenvalue weighted by Gasteiger charge is 2.42. The number of nitrogens with zero attached hydrogens (tertiary/aromatic N) is 1. The third-order valence-corrected chi connectivity index (χ3v) is 4.52. The summed E-state index contributed by atoms with van der Waals surface area (Å²) in [5, 5.41) is 3.08. The summed E-state index contributed by atoms with van der Waals surface area (Å²) in [6, 6.07) is 13.9. The Morgan fingerprint density at radius 2 is 1.69 bits per heavy atom. The number of alkyl halides is 3. The Labute approximate surface area is 150 Å². The van der Waals surface area contributed by atoms with Crippen LogP contribution in [0.2, 0.25) is 0 Å². The van der Waals surface area contributed by atoms with E-state index in [0.717, 1.165) is 5.71 Å². The number of rotatable bonds is 4. The number of ether oxygens (including phenoxy) is 1. The van der Waals surface area contributed by atoms with E-state index >= 15 is 0 Å². The van der Waals surface area contributed by atoms with Crippen molar-refractivity contribution in [2.45, 2.75) is 25.6 Å². The highest BCUT2D eigenvalue weighted by atomic mass is 19.4. The van der Waals surface area contributed by atoms with E-state index in [2.05, 4.69) is 40.6 Å². The van der Waals surface area contributed by atoms with Crippen LogP contribution in [0.3, 0.4) is 0 Å². The quantitative estimate of drug-likeness (QED) is 0.756. The molecule has 0 spiro atoms. The third kappa shape index (κ3) is 3.59. The van der Waals surface area contributed by atoms with Gasteiger partial charge in [0.15, 0.2) is 5.71 Å². The molecule has 136 valence electrons. The van der Waals surface area contributed by atoms with Crippen LogP contribution in [0.4, 0.5) is 24.5 Å². The first-order valence-corrected chi connectivity index (χ1v) is 8.18. The molecule has 3 nitrogen and oxygen atoms in total. The van der Waals surface area contributed by atoms with E-state index < -0.39 is 6.36 Å². The van der Waals surface area contributed by atoms with Crippen molar-refractivity contribution in [1.29, 1.82) is 0 Å². The molecule has 26 heavy (non-hydrogen) atoms. The molecule has 0 bridgehead atoms.